The molecule has 25 heteroatoms. The minimum Gasteiger partial charge on any atom is -0.504 e. The third kappa shape index (κ3) is 21.3. The molecule has 0 spiro atoms. The minimum absolute atomic E-state index is 0.0258. The number of rotatable bonds is 23. The zero-order valence-corrected chi connectivity index (χ0v) is 58.3. The molecule has 0 saturated carbocycles. The van der Waals surface area contributed by atoms with E-state index in [-0.39, 0.29) is 59.2 Å². The van der Waals surface area contributed by atoms with Crippen LogP contribution >= 0.6 is 11.6 Å². The number of phenolic OH excluding ortho intramolecular Hbond substituents is 1. The van der Waals surface area contributed by atoms with Crippen LogP contribution in [0.1, 0.15) is 33.4 Å². The predicted molar refractivity (Wildman–Crippen MR) is 360 cm³/mol. The molecule has 3 amide bonds. The highest BCUT2D eigenvalue weighted by molar-refractivity contribution is 6.62. The van der Waals surface area contributed by atoms with Gasteiger partial charge in [-0.15, -0.1) is 0 Å². The summed E-state index contributed by atoms with van der Waals surface area (Å²) in [5.41, 5.74) is 5.86. The molecule has 3 saturated heterocycles. The van der Waals surface area contributed by atoms with E-state index in [9.17, 15) is 33.9 Å². The van der Waals surface area contributed by atoms with E-state index in [1.165, 1.54) is 36.0 Å². The number of carbonyl (C=O) groups is 6. The molecule has 6 aromatic carbocycles. The molecule has 6 atom stereocenters. The molecule has 3 aliphatic heterocycles. The lowest BCUT2D eigenvalue weighted by molar-refractivity contribution is -0.142. The highest BCUT2D eigenvalue weighted by atomic mass is 35.5. The summed E-state index contributed by atoms with van der Waals surface area (Å²) in [7, 11) is 23.7. The molecule has 0 aliphatic carbocycles. The summed E-state index contributed by atoms with van der Waals surface area (Å²) in [6.07, 6.45) is 2.58. The number of ether oxygens (including phenoxy) is 14. The number of cyclic esters (lactones) is 3. The number of esters is 3. The van der Waals surface area contributed by atoms with Crippen molar-refractivity contribution in [2.45, 2.75) is 38.5 Å². The molecule has 0 unspecified atom stereocenters. The van der Waals surface area contributed by atoms with Crippen LogP contribution in [0.3, 0.4) is 0 Å². The first-order chi connectivity index (χ1) is 46.4. The topological polar surface area (TPSA) is 262 Å². The van der Waals surface area contributed by atoms with Gasteiger partial charge in [0.2, 0.25) is 0 Å². The first-order valence-electron chi connectivity index (χ1n) is 30.9. The molecular formula is C72H88ClN3O21. The quantitative estimate of drug-likeness (QED) is 0.0270. The Morgan fingerprint density at radius 3 is 0.835 bits per heavy atom. The summed E-state index contributed by atoms with van der Waals surface area (Å²) >= 11 is 4.90. The second-order valence-corrected chi connectivity index (χ2v) is 23.8. The number of methoxy groups -OCH3 is 9. The van der Waals surface area contributed by atoms with E-state index in [0.29, 0.717) is 122 Å². The third-order valence-corrected chi connectivity index (χ3v) is 16.7. The number of phenols is 1. The molecule has 0 bridgehead atoms. The maximum Gasteiger partial charge on any atom is 0.414 e. The molecule has 97 heavy (non-hydrogen) atoms. The van der Waals surface area contributed by atoms with Gasteiger partial charge in [-0.1, -0.05) is 36.4 Å². The van der Waals surface area contributed by atoms with E-state index < -0.39 is 17.6 Å². The Kier molecular flexibility index (Phi) is 28.8. The first-order valence-corrected chi connectivity index (χ1v) is 31.3. The summed E-state index contributed by atoms with van der Waals surface area (Å²) in [4.78, 5) is 74.7. The Hall–Kier alpha value is -9.97. The van der Waals surface area contributed by atoms with Crippen LogP contribution in [0.5, 0.6) is 69.0 Å². The van der Waals surface area contributed by atoms with Crippen molar-refractivity contribution in [2.75, 3.05) is 126 Å². The van der Waals surface area contributed by atoms with Crippen LogP contribution in [0.4, 0.5) is 14.4 Å². The first kappa shape index (κ1) is 76.1. The second-order valence-electron chi connectivity index (χ2n) is 23.4. The predicted octanol–water partition coefficient (Wildman–Crippen LogP) is 10.6. The summed E-state index contributed by atoms with van der Waals surface area (Å²) in [5.74, 6) is 4.64. The summed E-state index contributed by atoms with van der Waals surface area (Å²) in [5, 5.41) is 9.31. The Bertz CT molecular complexity index is 3500. The van der Waals surface area contributed by atoms with Gasteiger partial charge in [-0.2, -0.15) is 0 Å². The van der Waals surface area contributed by atoms with Gasteiger partial charge in [0.1, 0.15) is 0 Å². The van der Waals surface area contributed by atoms with Crippen LogP contribution in [0.2, 0.25) is 0 Å². The van der Waals surface area contributed by atoms with Gasteiger partial charge < -0.3 is 86.1 Å². The number of nitrogens with zero attached hydrogens (tertiary/aromatic N) is 3. The number of hydrogen-bond donors (Lipinski definition) is 1. The molecule has 9 rings (SSSR count). The number of aromatic hydroxyl groups is 1. The molecular weight excluding hydrogens is 1280 g/mol. The Morgan fingerprint density at radius 1 is 0.361 bits per heavy atom. The maximum absolute atomic E-state index is 12.5. The fourth-order valence-corrected chi connectivity index (χ4v) is 10.9. The third-order valence-electron chi connectivity index (χ3n) is 16.3. The summed E-state index contributed by atoms with van der Waals surface area (Å²) in [6, 6.07) is 33.0. The standard InChI is InChI=1S/2C24H29NO7.C21H24O6.C3H6ClNO/c2*1-25(2)24(27)32-20-9-7-16(13-22(20)30-5)11-18-17(14-31-23(18)26)10-15-6-8-19(28-3)21(12-15)29-4;1-24-18-7-5-13(11-20(18)26-3)8-15-12-27-21(23)16(15)9-14-4-6-17(22)19(10-14)25-2;1-5(2)3(4)6/h2*6-9,12-13,17-18H,10-11,14H2,1-5H3;4-7,10-11,15-16,22H,8-9,12H2,1-3H3;1-2H3/t2*17-,18+;15-,16+;/m000./s1. The van der Waals surface area contributed by atoms with Crippen LogP contribution < -0.4 is 52.1 Å². The second kappa shape index (κ2) is 36.8. The van der Waals surface area contributed by atoms with E-state index in [2.05, 4.69) is 0 Å². The van der Waals surface area contributed by atoms with Crippen molar-refractivity contribution in [3.8, 4) is 69.0 Å². The van der Waals surface area contributed by atoms with Crippen molar-refractivity contribution in [3.63, 3.8) is 0 Å². The van der Waals surface area contributed by atoms with Gasteiger partial charge in [0.15, 0.2) is 69.0 Å². The normalized spacial score (nSPS) is 17.3. The number of halogens is 1. The van der Waals surface area contributed by atoms with Crippen molar-refractivity contribution < 1.29 is 100 Å². The highest BCUT2D eigenvalue weighted by Crippen LogP contribution is 2.39. The largest absolute Gasteiger partial charge is 0.504 e. The average molecular weight is 1370 g/mol. The van der Waals surface area contributed by atoms with Crippen molar-refractivity contribution in [3.05, 3.63) is 143 Å². The lowest BCUT2D eigenvalue weighted by Gasteiger charge is -2.18. The van der Waals surface area contributed by atoms with Crippen molar-refractivity contribution in [1.82, 2.24) is 14.7 Å². The van der Waals surface area contributed by atoms with E-state index in [1.54, 1.807) is 127 Å². The number of carbonyl (C=O) groups excluding carboxylic acids is 6. The Morgan fingerprint density at radius 2 is 0.588 bits per heavy atom. The van der Waals surface area contributed by atoms with E-state index >= 15 is 0 Å². The van der Waals surface area contributed by atoms with Gasteiger partial charge in [0.05, 0.1) is 102 Å². The molecule has 0 aromatic heterocycles. The monoisotopic (exact) mass is 1370 g/mol. The van der Waals surface area contributed by atoms with Crippen LogP contribution in [0.15, 0.2) is 109 Å². The van der Waals surface area contributed by atoms with Crippen LogP contribution in [0.25, 0.3) is 0 Å². The van der Waals surface area contributed by atoms with E-state index in [4.69, 9.17) is 77.9 Å². The van der Waals surface area contributed by atoms with Crippen LogP contribution in [0, 0.1) is 35.5 Å². The smallest absolute Gasteiger partial charge is 0.414 e. The fourth-order valence-electron chi connectivity index (χ4n) is 10.9. The van der Waals surface area contributed by atoms with Gasteiger partial charge in [0, 0.05) is 60.0 Å². The number of benzene rings is 6. The molecule has 3 aliphatic rings. The lowest BCUT2D eigenvalue weighted by Crippen LogP contribution is -2.25. The highest BCUT2D eigenvalue weighted by Gasteiger charge is 2.40. The lowest BCUT2D eigenvalue weighted by atomic mass is 9.85. The van der Waals surface area contributed by atoms with E-state index in [1.807, 2.05) is 66.7 Å². The molecule has 3 fully saturated rings. The summed E-state index contributed by atoms with van der Waals surface area (Å²) in [6.45, 7) is 1.13. The summed E-state index contributed by atoms with van der Waals surface area (Å²) < 4.78 is 74.7. The van der Waals surface area contributed by atoms with Gasteiger partial charge in [-0.25, -0.2) is 9.59 Å². The number of hydrogen-bond acceptors (Lipinski definition) is 21. The maximum atomic E-state index is 12.5. The molecule has 24 nitrogen and oxygen atoms in total. The van der Waals surface area contributed by atoms with Crippen molar-refractivity contribution >= 4 is 47.1 Å². The SMILES string of the molecule is CN(C)C(=O)Cl.COc1cc(C[C@H]2C(=O)OC[C@@H]2Cc2ccc(OC)c(OC)c2)ccc1O.COc1ccc(C[C@H]2COC(=O)[C@@H]2Cc2ccc(OC(=O)N(C)C)c(OC)c2)cc1OC.COc1ccc(C[C@H]2COC(=O)[C@@H]2Cc2ccc(OC(=O)N(C)C)c(OC)c2)cc1OC. The average Bonchev–Trinajstić information content (AvgIpc) is 1.74. The van der Waals surface area contributed by atoms with E-state index in [0.717, 1.165) is 33.4 Å². The van der Waals surface area contributed by atoms with Crippen LogP contribution in [-0.2, 0) is 67.1 Å². The van der Waals surface area contributed by atoms with Gasteiger partial charge in [-0.3, -0.25) is 19.2 Å². The zero-order valence-electron chi connectivity index (χ0n) is 57.6. The fraction of sp³-hybridized carbons (Fsp3) is 0.417. The van der Waals surface area contributed by atoms with Gasteiger partial charge in [-0.05, 0) is 156 Å². The van der Waals surface area contributed by atoms with Crippen molar-refractivity contribution in [2.24, 2.45) is 35.5 Å². The number of amides is 3. The van der Waals surface area contributed by atoms with Crippen molar-refractivity contribution in [1.29, 1.82) is 0 Å². The zero-order chi connectivity index (χ0) is 71.0. The molecule has 3 heterocycles. The molecule has 0 radical (unpaired) electrons. The molecule has 6 aromatic rings. The minimum atomic E-state index is -0.495. The van der Waals surface area contributed by atoms with Gasteiger partial charge >= 0.3 is 35.5 Å². The molecule has 1 N–H and O–H groups in total. The van der Waals surface area contributed by atoms with Gasteiger partial charge in [0.25, 0.3) is 0 Å². The Labute approximate surface area is 571 Å². The molecule has 524 valence electrons. The van der Waals surface area contributed by atoms with Crippen LogP contribution in [-0.4, -0.2) is 181 Å². The Balaban J connectivity index is 0.000000221.